The van der Waals surface area contributed by atoms with Crippen molar-refractivity contribution in [3.05, 3.63) is 114 Å². The van der Waals surface area contributed by atoms with Crippen LogP contribution in [-0.4, -0.2) is 4.98 Å². The van der Waals surface area contributed by atoms with Gasteiger partial charge in [-0.05, 0) is 35.2 Å². The number of aryl methyl sites for hydroxylation is 1. The van der Waals surface area contributed by atoms with Gasteiger partial charge in [-0.2, -0.15) is 0 Å². The molecule has 0 saturated carbocycles. The van der Waals surface area contributed by atoms with E-state index in [1.807, 2.05) is 12.3 Å². The lowest BCUT2D eigenvalue weighted by Gasteiger charge is -2.07. The van der Waals surface area contributed by atoms with Crippen molar-refractivity contribution in [2.75, 3.05) is 0 Å². The summed E-state index contributed by atoms with van der Waals surface area (Å²) in [7, 11) is 0. The smallest absolute Gasteiger partial charge is 0.0708 e. The highest BCUT2D eigenvalue weighted by Crippen LogP contribution is 2.26. The van der Waals surface area contributed by atoms with Gasteiger partial charge in [0.05, 0.1) is 5.69 Å². The van der Waals surface area contributed by atoms with Crippen molar-refractivity contribution in [3.8, 4) is 22.4 Å². The van der Waals surface area contributed by atoms with E-state index in [1.54, 1.807) is 0 Å². The summed E-state index contributed by atoms with van der Waals surface area (Å²) in [5.41, 5.74) is 8.12. The maximum absolute atomic E-state index is 4.72. The Balaban J connectivity index is 1.66. The fourth-order valence-electron chi connectivity index (χ4n) is 3.18. The standard InChI is InChI=1S/C26H21N/c1-20-9-5-6-10-21(20)15-16-23-13-7-8-14-25(23)26-18-17-24(19-27-26)22-11-3-2-4-12-22/h2-19H,1H3/b16-15+. The van der Waals surface area contributed by atoms with Gasteiger partial charge in [-0.25, -0.2) is 0 Å². The third-order valence-electron chi connectivity index (χ3n) is 4.74. The second kappa shape index (κ2) is 7.84. The maximum atomic E-state index is 4.72. The number of nitrogens with zero attached hydrogens (tertiary/aromatic N) is 1. The highest BCUT2D eigenvalue weighted by Gasteiger charge is 2.05. The van der Waals surface area contributed by atoms with Gasteiger partial charge in [-0.15, -0.1) is 0 Å². The normalized spacial score (nSPS) is 11.0. The van der Waals surface area contributed by atoms with Gasteiger partial charge in [0.1, 0.15) is 0 Å². The zero-order valence-corrected chi connectivity index (χ0v) is 15.3. The molecular formula is C26H21N. The van der Waals surface area contributed by atoms with E-state index in [2.05, 4.69) is 104 Å². The third-order valence-corrected chi connectivity index (χ3v) is 4.74. The van der Waals surface area contributed by atoms with Gasteiger partial charge in [0, 0.05) is 17.3 Å². The van der Waals surface area contributed by atoms with Crippen molar-refractivity contribution in [1.29, 1.82) is 0 Å². The average Bonchev–Trinajstić information content (AvgIpc) is 2.74. The van der Waals surface area contributed by atoms with Gasteiger partial charge in [-0.3, -0.25) is 4.98 Å². The lowest BCUT2D eigenvalue weighted by molar-refractivity contribution is 1.32. The van der Waals surface area contributed by atoms with E-state index in [1.165, 1.54) is 22.3 Å². The molecule has 130 valence electrons. The molecule has 0 fully saturated rings. The molecule has 3 aromatic carbocycles. The first kappa shape index (κ1) is 17.0. The van der Waals surface area contributed by atoms with Crippen LogP contribution in [0.4, 0.5) is 0 Å². The Morgan fingerprint density at radius 3 is 2.00 bits per heavy atom. The lowest BCUT2D eigenvalue weighted by Crippen LogP contribution is -1.88. The fourth-order valence-corrected chi connectivity index (χ4v) is 3.18. The molecule has 0 aliphatic heterocycles. The molecule has 0 aliphatic rings. The number of hydrogen-bond acceptors (Lipinski definition) is 1. The van der Waals surface area contributed by atoms with Crippen molar-refractivity contribution in [2.45, 2.75) is 6.92 Å². The first-order valence-corrected chi connectivity index (χ1v) is 9.16. The van der Waals surface area contributed by atoms with Crippen LogP contribution in [0.1, 0.15) is 16.7 Å². The van der Waals surface area contributed by atoms with E-state index in [-0.39, 0.29) is 0 Å². The molecule has 4 rings (SSSR count). The summed E-state index contributed by atoms with van der Waals surface area (Å²) in [6.45, 7) is 2.13. The Labute approximate surface area is 160 Å². The van der Waals surface area contributed by atoms with Crippen LogP contribution in [0, 0.1) is 6.92 Å². The van der Waals surface area contributed by atoms with Crippen molar-refractivity contribution < 1.29 is 0 Å². The van der Waals surface area contributed by atoms with Crippen LogP contribution < -0.4 is 0 Å². The molecule has 0 bridgehead atoms. The minimum Gasteiger partial charge on any atom is -0.256 e. The summed E-state index contributed by atoms with van der Waals surface area (Å²) in [4.78, 5) is 4.72. The van der Waals surface area contributed by atoms with Crippen molar-refractivity contribution >= 4 is 12.2 Å². The highest BCUT2D eigenvalue weighted by molar-refractivity contribution is 5.80. The molecule has 27 heavy (non-hydrogen) atoms. The Morgan fingerprint density at radius 1 is 0.593 bits per heavy atom. The monoisotopic (exact) mass is 347 g/mol. The van der Waals surface area contributed by atoms with E-state index < -0.39 is 0 Å². The Hall–Kier alpha value is -3.45. The first-order chi connectivity index (χ1) is 13.3. The van der Waals surface area contributed by atoms with Gasteiger partial charge in [0.15, 0.2) is 0 Å². The van der Waals surface area contributed by atoms with Crippen molar-refractivity contribution in [1.82, 2.24) is 4.98 Å². The quantitative estimate of drug-likeness (QED) is 0.366. The first-order valence-electron chi connectivity index (χ1n) is 9.16. The number of rotatable bonds is 4. The molecule has 0 unspecified atom stereocenters. The number of benzene rings is 3. The highest BCUT2D eigenvalue weighted by atomic mass is 14.7. The van der Waals surface area contributed by atoms with Gasteiger partial charge in [-0.1, -0.05) is 97.1 Å². The van der Waals surface area contributed by atoms with Crippen LogP contribution in [0.2, 0.25) is 0 Å². The molecule has 0 aliphatic carbocycles. The minimum atomic E-state index is 0.986. The fraction of sp³-hybridized carbons (Fsp3) is 0.0385. The van der Waals surface area contributed by atoms with E-state index in [4.69, 9.17) is 4.98 Å². The van der Waals surface area contributed by atoms with Gasteiger partial charge >= 0.3 is 0 Å². The topological polar surface area (TPSA) is 12.9 Å². The number of hydrogen-bond donors (Lipinski definition) is 0. The lowest BCUT2D eigenvalue weighted by atomic mass is 10.0. The van der Waals surface area contributed by atoms with Gasteiger partial charge < -0.3 is 0 Å². The molecule has 1 nitrogen and oxygen atoms in total. The molecule has 4 aromatic rings. The Morgan fingerprint density at radius 2 is 1.26 bits per heavy atom. The zero-order chi connectivity index (χ0) is 18.5. The predicted molar refractivity (Wildman–Crippen MR) is 115 cm³/mol. The van der Waals surface area contributed by atoms with Crippen LogP contribution in [0.5, 0.6) is 0 Å². The Kier molecular flexibility index (Phi) is 4.93. The largest absolute Gasteiger partial charge is 0.256 e. The van der Waals surface area contributed by atoms with E-state index >= 15 is 0 Å². The van der Waals surface area contributed by atoms with Crippen molar-refractivity contribution in [2.24, 2.45) is 0 Å². The molecule has 1 aromatic heterocycles. The average molecular weight is 347 g/mol. The zero-order valence-electron chi connectivity index (χ0n) is 15.3. The third kappa shape index (κ3) is 3.88. The number of aromatic nitrogens is 1. The van der Waals surface area contributed by atoms with Gasteiger partial charge in [0.2, 0.25) is 0 Å². The second-order valence-electron chi connectivity index (χ2n) is 6.58. The van der Waals surface area contributed by atoms with Gasteiger partial charge in [0.25, 0.3) is 0 Å². The summed E-state index contributed by atoms with van der Waals surface area (Å²) in [6, 6.07) is 31.4. The Bertz CT molecular complexity index is 1060. The van der Waals surface area contributed by atoms with E-state index in [0.29, 0.717) is 0 Å². The van der Waals surface area contributed by atoms with Crippen LogP contribution >= 0.6 is 0 Å². The molecular weight excluding hydrogens is 326 g/mol. The summed E-state index contributed by atoms with van der Waals surface area (Å²) >= 11 is 0. The molecule has 0 radical (unpaired) electrons. The molecule has 1 heteroatoms. The molecule has 0 spiro atoms. The SMILES string of the molecule is Cc1ccccc1/C=C/c1ccccc1-c1ccc(-c2ccccc2)cn1. The maximum Gasteiger partial charge on any atom is 0.0708 e. The molecule has 0 N–H and O–H groups in total. The number of pyridine rings is 1. The summed E-state index contributed by atoms with van der Waals surface area (Å²) < 4.78 is 0. The molecule has 1 heterocycles. The van der Waals surface area contributed by atoms with Crippen LogP contribution in [0.15, 0.2) is 97.2 Å². The summed E-state index contributed by atoms with van der Waals surface area (Å²) in [5.74, 6) is 0. The van der Waals surface area contributed by atoms with Crippen molar-refractivity contribution in [3.63, 3.8) is 0 Å². The predicted octanol–water partition coefficient (Wildman–Crippen LogP) is 6.89. The summed E-state index contributed by atoms with van der Waals surface area (Å²) in [6.07, 6.45) is 6.30. The minimum absolute atomic E-state index is 0.986. The van der Waals surface area contributed by atoms with E-state index in [9.17, 15) is 0 Å². The molecule has 0 saturated heterocycles. The van der Waals surface area contributed by atoms with Crippen LogP contribution in [0.25, 0.3) is 34.5 Å². The van der Waals surface area contributed by atoms with Crippen LogP contribution in [-0.2, 0) is 0 Å². The summed E-state index contributed by atoms with van der Waals surface area (Å²) in [5, 5.41) is 0. The molecule has 0 amide bonds. The van der Waals surface area contributed by atoms with E-state index in [0.717, 1.165) is 16.8 Å². The van der Waals surface area contributed by atoms with Crippen LogP contribution in [0.3, 0.4) is 0 Å². The second-order valence-corrected chi connectivity index (χ2v) is 6.58. The molecule has 0 atom stereocenters.